The average molecular weight is 125 g/mol. The van der Waals surface area contributed by atoms with Crippen LogP contribution in [0.1, 0.15) is 6.92 Å². The maximum atomic E-state index is 4.59. The predicted molar refractivity (Wildman–Crippen MR) is 39.5 cm³/mol. The van der Waals surface area contributed by atoms with Gasteiger partial charge in [0.2, 0.25) is 0 Å². The molecule has 50 valence electrons. The molecule has 0 rings (SSSR count). The molecule has 0 bridgehead atoms. The monoisotopic (exact) mass is 125 g/mol. The Hall–Kier alpha value is -1.05. The molecule has 0 aromatic heterocycles. The van der Waals surface area contributed by atoms with E-state index in [-0.39, 0.29) is 0 Å². The van der Waals surface area contributed by atoms with E-state index in [0.29, 0.717) is 0 Å². The van der Waals surface area contributed by atoms with Crippen LogP contribution in [0.3, 0.4) is 0 Å². The maximum Gasteiger partial charge on any atom is 0.173 e. The highest BCUT2D eigenvalue weighted by Crippen LogP contribution is 1.91. The molecule has 9 heavy (non-hydrogen) atoms. The molecular weight excluding hydrogens is 114 g/mol. The van der Waals surface area contributed by atoms with E-state index in [1.807, 2.05) is 6.92 Å². The van der Waals surface area contributed by atoms with Crippen LogP contribution in [0.25, 0.3) is 0 Å². The van der Waals surface area contributed by atoms with Crippen LogP contribution >= 0.6 is 0 Å². The number of hydrogen-bond donors (Lipinski definition) is 0. The largest absolute Gasteiger partial charge is 0.486 e. The second-order valence-electron chi connectivity index (χ2n) is 1.51. The first-order valence-corrected chi connectivity index (χ1v) is 2.66. The Morgan fingerprint density at radius 1 is 1.67 bits per heavy atom. The molecule has 2 nitrogen and oxygen atoms in total. The summed E-state index contributed by atoms with van der Waals surface area (Å²) >= 11 is 0. The molecule has 0 saturated carbocycles. The molecule has 2 heteroatoms. The minimum Gasteiger partial charge on any atom is -0.486 e. The third kappa shape index (κ3) is 4.81. The van der Waals surface area contributed by atoms with E-state index in [2.05, 4.69) is 16.3 Å². The van der Waals surface area contributed by atoms with Crippen molar-refractivity contribution in [2.75, 3.05) is 7.11 Å². The fraction of sp³-hybridized carbons (Fsp3) is 0.286. The average Bonchev–Trinajstić information content (AvgIpc) is 1.85. The zero-order valence-corrected chi connectivity index (χ0v) is 5.79. The quantitative estimate of drug-likeness (QED) is 0.320. The molecule has 0 saturated heterocycles. The second-order valence-corrected chi connectivity index (χ2v) is 1.51. The molecule has 0 unspecified atom stereocenters. The molecule has 0 aliphatic carbocycles. The molecule has 0 radical (unpaired) electrons. The van der Waals surface area contributed by atoms with Crippen molar-refractivity contribution in [3.63, 3.8) is 0 Å². The van der Waals surface area contributed by atoms with Crippen LogP contribution in [0.15, 0.2) is 29.4 Å². The van der Waals surface area contributed by atoms with E-state index in [0.717, 1.165) is 5.70 Å². The summed E-state index contributed by atoms with van der Waals surface area (Å²) in [7, 11) is 1.56. The second kappa shape index (κ2) is 5.09. The first kappa shape index (κ1) is 7.95. The van der Waals surface area contributed by atoms with E-state index in [1.165, 1.54) is 6.40 Å². The van der Waals surface area contributed by atoms with E-state index in [9.17, 15) is 0 Å². The highest BCUT2D eigenvalue weighted by Gasteiger charge is 1.75. The van der Waals surface area contributed by atoms with Gasteiger partial charge < -0.3 is 4.74 Å². The lowest BCUT2D eigenvalue weighted by Crippen LogP contribution is -1.76. The van der Waals surface area contributed by atoms with Gasteiger partial charge in [-0.25, -0.2) is 4.99 Å². The molecular formula is C7H11NO. The number of rotatable bonds is 3. The molecule has 0 aliphatic heterocycles. The standard InChI is InChI=1S/C7H11NO/c1-4-5-7(2)8-6-9-3/h4-6H,1H2,2-3H3/b7-5-,8-6?. The summed E-state index contributed by atoms with van der Waals surface area (Å²) in [5.41, 5.74) is 0.881. The maximum absolute atomic E-state index is 4.59. The van der Waals surface area contributed by atoms with Crippen molar-refractivity contribution in [1.82, 2.24) is 0 Å². The van der Waals surface area contributed by atoms with Crippen molar-refractivity contribution in [3.8, 4) is 0 Å². The summed E-state index contributed by atoms with van der Waals surface area (Å²) in [4.78, 5) is 3.88. The van der Waals surface area contributed by atoms with Gasteiger partial charge in [0.15, 0.2) is 6.40 Å². The fourth-order valence-corrected chi connectivity index (χ4v) is 0.349. The Balaban J connectivity index is 3.74. The van der Waals surface area contributed by atoms with Crippen molar-refractivity contribution in [3.05, 3.63) is 24.4 Å². The summed E-state index contributed by atoms with van der Waals surface area (Å²) in [6.07, 6.45) is 4.87. The predicted octanol–water partition coefficient (Wildman–Crippen LogP) is 1.75. The number of aliphatic imine (C=N–C) groups is 1. The van der Waals surface area contributed by atoms with Gasteiger partial charge in [-0.2, -0.15) is 0 Å². The Labute approximate surface area is 55.6 Å². The Morgan fingerprint density at radius 3 is 2.78 bits per heavy atom. The Bertz CT molecular complexity index is 136. The van der Waals surface area contributed by atoms with E-state index < -0.39 is 0 Å². The number of ether oxygens (including phenoxy) is 1. The smallest absolute Gasteiger partial charge is 0.173 e. The molecule has 0 atom stereocenters. The van der Waals surface area contributed by atoms with Crippen molar-refractivity contribution in [2.24, 2.45) is 4.99 Å². The number of allylic oxidation sites excluding steroid dienone is 3. The van der Waals surface area contributed by atoms with E-state index in [4.69, 9.17) is 0 Å². The van der Waals surface area contributed by atoms with Crippen LogP contribution in [0.5, 0.6) is 0 Å². The van der Waals surface area contributed by atoms with Crippen molar-refractivity contribution in [2.45, 2.75) is 6.92 Å². The van der Waals surface area contributed by atoms with Gasteiger partial charge in [0.05, 0.1) is 7.11 Å². The molecule has 0 aromatic carbocycles. The fourth-order valence-electron chi connectivity index (χ4n) is 0.349. The molecule has 0 N–H and O–H groups in total. The lowest BCUT2D eigenvalue weighted by Gasteiger charge is -1.86. The Kier molecular flexibility index (Phi) is 4.50. The molecule has 0 heterocycles. The molecule has 0 amide bonds. The summed E-state index contributed by atoms with van der Waals surface area (Å²) in [6, 6.07) is 0. The van der Waals surface area contributed by atoms with Crippen molar-refractivity contribution >= 4 is 6.40 Å². The van der Waals surface area contributed by atoms with Gasteiger partial charge in [0, 0.05) is 5.70 Å². The third-order valence-corrected chi connectivity index (χ3v) is 0.721. The van der Waals surface area contributed by atoms with Crippen LogP contribution < -0.4 is 0 Å². The van der Waals surface area contributed by atoms with Crippen LogP contribution in [0, 0.1) is 0 Å². The zero-order chi connectivity index (χ0) is 7.11. The van der Waals surface area contributed by atoms with E-state index in [1.54, 1.807) is 19.3 Å². The summed E-state index contributed by atoms with van der Waals surface area (Å²) in [5, 5.41) is 0. The molecule has 0 aromatic rings. The third-order valence-electron chi connectivity index (χ3n) is 0.721. The molecule has 0 fully saturated rings. The number of hydrogen-bond acceptors (Lipinski definition) is 2. The van der Waals surface area contributed by atoms with E-state index >= 15 is 0 Å². The number of methoxy groups -OCH3 is 1. The lowest BCUT2D eigenvalue weighted by molar-refractivity contribution is 0.422. The normalized spacial score (nSPS) is 12.0. The van der Waals surface area contributed by atoms with Crippen molar-refractivity contribution < 1.29 is 4.74 Å². The molecule has 0 aliphatic rings. The van der Waals surface area contributed by atoms with Gasteiger partial charge >= 0.3 is 0 Å². The van der Waals surface area contributed by atoms with Gasteiger partial charge in [-0.3, -0.25) is 0 Å². The summed E-state index contributed by atoms with van der Waals surface area (Å²) < 4.78 is 4.59. The van der Waals surface area contributed by atoms with Crippen molar-refractivity contribution in [1.29, 1.82) is 0 Å². The van der Waals surface area contributed by atoms with Crippen LogP contribution in [-0.2, 0) is 4.74 Å². The Morgan fingerprint density at radius 2 is 2.33 bits per heavy atom. The minimum atomic E-state index is 0.881. The topological polar surface area (TPSA) is 21.6 Å². The van der Waals surface area contributed by atoms with Crippen LogP contribution in [0.4, 0.5) is 0 Å². The summed E-state index contributed by atoms with van der Waals surface area (Å²) in [6.45, 7) is 5.39. The lowest BCUT2D eigenvalue weighted by atomic mass is 10.4. The first-order valence-electron chi connectivity index (χ1n) is 2.66. The first-order chi connectivity index (χ1) is 4.31. The van der Waals surface area contributed by atoms with Gasteiger partial charge in [0.1, 0.15) is 0 Å². The zero-order valence-electron chi connectivity index (χ0n) is 5.79. The SMILES string of the molecule is C=C/C=C(/C)N=COC. The highest BCUT2D eigenvalue weighted by molar-refractivity contribution is 5.48. The highest BCUT2D eigenvalue weighted by atomic mass is 16.5. The molecule has 0 spiro atoms. The van der Waals surface area contributed by atoms with Crippen LogP contribution in [0.2, 0.25) is 0 Å². The van der Waals surface area contributed by atoms with Gasteiger partial charge in [0.25, 0.3) is 0 Å². The van der Waals surface area contributed by atoms with Gasteiger partial charge in [-0.15, -0.1) is 0 Å². The van der Waals surface area contributed by atoms with Gasteiger partial charge in [-0.05, 0) is 13.0 Å². The number of nitrogens with zero attached hydrogens (tertiary/aromatic N) is 1. The van der Waals surface area contributed by atoms with Gasteiger partial charge in [-0.1, -0.05) is 12.7 Å². The van der Waals surface area contributed by atoms with Crippen LogP contribution in [-0.4, -0.2) is 13.5 Å². The summed E-state index contributed by atoms with van der Waals surface area (Å²) in [5.74, 6) is 0. The minimum absolute atomic E-state index is 0.881.